The fourth-order valence-electron chi connectivity index (χ4n) is 3.52. The Balaban J connectivity index is 0.000000345. The second kappa shape index (κ2) is 9.24. The lowest BCUT2D eigenvalue weighted by atomic mass is 9.85. The summed E-state index contributed by atoms with van der Waals surface area (Å²) >= 11 is 0. The third-order valence-corrected chi connectivity index (χ3v) is 5.33. The molecule has 0 fully saturated rings. The van der Waals surface area contributed by atoms with Crippen molar-refractivity contribution in [1.82, 2.24) is 5.32 Å². The van der Waals surface area contributed by atoms with E-state index in [0.29, 0.717) is 0 Å². The van der Waals surface area contributed by atoms with Gasteiger partial charge >= 0.3 is 0 Å². The minimum atomic E-state index is 0.223. The summed E-state index contributed by atoms with van der Waals surface area (Å²) in [5.41, 5.74) is 9.15. The van der Waals surface area contributed by atoms with Crippen LogP contribution in [0, 0.1) is 0 Å². The van der Waals surface area contributed by atoms with Gasteiger partial charge in [-0.3, -0.25) is 0 Å². The van der Waals surface area contributed by atoms with Crippen LogP contribution in [-0.2, 0) is 17.3 Å². The van der Waals surface area contributed by atoms with E-state index in [4.69, 9.17) is 5.11 Å². The van der Waals surface area contributed by atoms with Gasteiger partial charge < -0.3 is 10.4 Å². The lowest BCUT2D eigenvalue weighted by Crippen LogP contribution is -2.18. The second-order valence-corrected chi connectivity index (χ2v) is 9.89. The Labute approximate surface area is 172 Å². The summed E-state index contributed by atoms with van der Waals surface area (Å²) in [5, 5.41) is 11.3. The number of rotatable bonds is 4. The number of aliphatic hydroxyl groups excluding tert-OH is 1. The zero-order chi connectivity index (χ0) is 20.9. The molecule has 2 nitrogen and oxygen atoms in total. The first-order chi connectivity index (χ1) is 13.1. The maximum Gasteiger partial charge on any atom is 0.0555 e. The van der Waals surface area contributed by atoms with Crippen molar-refractivity contribution in [2.75, 3.05) is 19.7 Å². The van der Waals surface area contributed by atoms with Crippen LogP contribution >= 0.6 is 0 Å². The van der Waals surface area contributed by atoms with Gasteiger partial charge in [0.25, 0.3) is 0 Å². The molecule has 0 saturated heterocycles. The highest BCUT2D eigenvalue weighted by molar-refractivity contribution is 5.77. The minimum absolute atomic E-state index is 0.223. The predicted molar refractivity (Wildman–Crippen MR) is 122 cm³/mol. The lowest BCUT2D eigenvalue weighted by molar-refractivity contribution is 0.292. The van der Waals surface area contributed by atoms with E-state index in [-0.39, 0.29) is 17.4 Å². The largest absolute Gasteiger partial charge is 0.395 e. The first kappa shape index (κ1) is 22.6. The fraction of sp³-hybridized carbons (Fsp3) is 0.538. The molecule has 154 valence electrons. The molecule has 0 radical (unpaired) electrons. The molecule has 3 rings (SSSR count). The fourth-order valence-corrected chi connectivity index (χ4v) is 3.52. The van der Waals surface area contributed by atoms with E-state index in [0.717, 1.165) is 25.9 Å². The van der Waals surface area contributed by atoms with Gasteiger partial charge in [0.05, 0.1) is 6.61 Å². The molecule has 2 N–H and O–H groups in total. The molecule has 0 aliphatic heterocycles. The van der Waals surface area contributed by atoms with Crippen molar-refractivity contribution < 1.29 is 5.11 Å². The monoisotopic (exact) mass is 381 g/mol. The first-order valence-corrected chi connectivity index (χ1v) is 10.7. The van der Waals surface area contributed by atoms with E-state index in [1.165, 1.54) is 33.4 Å². The molecule has 0 spiro atoms. The lowest BCUT2D eigenvalue weighted by Gasteiger charge is -2.20. The van der Waals surface area contributed by atoms with Crippen LogP contribution in [-0.4, -0.2) is 24.8 Å². The summed E-state index contributed by atoms with van der Waals surface area (Å²) in [6.45, 7) is 17.8. The van der Waals surface area contributed by atoms with E-state index in [1.54, 1.807) is 0 Å². The van der Waals surface area contributed by atoms with Crippen LogP contribution in [0.1, 0.15) is 77.1 Å². The van der Waals surface area contributed by atoms with Crippen LogP contribution in [0.5, 0.6) is 0 Å². The van der Waals surface area contributed by atoms with Gasteiger partial charge in [-0.1, -0.05) is 84.9 Å². The number of hydrogen-bond donors (Lipinski definition) is 2. The molecule has 1 aliphatic carbocycles. The quantitative estimate of drug-likeness (QED) is 0.557. The summed E-state index contributed by atoms with van der Waals surface area (Å²) in [6.07, 6.45) is 2.22. The average Bonchev–Trinajstić information content (AvgIpc) is 2.98. The average molecular weight is 382 g/mol. The van der Waals surface area contributed by atoms with Gasteiger partial charge in [-0.25, -0.2) is 0 Å². The van der Waals surface area contributed by atoms with E-state index >= 15 is 0 Å². The zero-order valence-corrected chi connectivity index (χ0v) is 18.9. The Morgan fingerprint density at radius 1 is 0.786 bits per heavy atom. The third kappa shape index (κ3) is 5.68. The number of benzene rings is 2. The molecule has 0 aromatic heterocycles. The highest BCUT2D eigenvalue weighted by Crippen LogP contribution is 2.40. The van der Waals surface area contributed by atoms with Gasteiger partial charge in [-0.2, -0.15) is 0 Å². The Morgan fingerprint density at radius 2 is 1.25 bits per heavy atom. The summed E-state index contributed by atoms with van der Waals surface area (Å²) in [6, 6.07) is 14.0. The number of aliphatic hydroxyl groups is 1. The van der Waals surface area contributed by atoms with Gasteiger partial charge in [0.1, 0.15) is 0 Å². The van der Waals surface area contributed by atoms with Gasteiger partial charge in [-0.05, 0) is 63.6 Å². The highest BCUT2D eigenvalue weighted by Gasteiger charge is 2.23. The SMILES string of the molecule is CC(C)(C)c1ccc2c(c1)Cc1cc(C(C)(C)C)ccc1-2.CCCNCCO. The molecular weight excluding hydrogens is 342 g/mol. The molecule has 0 unspecified atom stereocenters. The summed E-state index contributed by atoms with van der Waals surface area (Å²) in [5.74, 6) is 0. The second-order valence-electron chi connectivity index (χ2n) is 9.89. The van der Waals surface area contributed by atoms with E-state index in [2.05, 4.69) is 90.2 Å². The van der Waals surface area contributed by atoms with Crippen LogP contribution in [0.4, 0.5) is 0 Å². The highest BCUT2D eigenvalue weighted by atomic mass is 16.3. The minimum Gasteiger partial charge on any atom is -0.395 e. The van der Waals surface area contributed by atoms with Crippen molar-refractivity contribution in [3.05, 3.63) is 58.7 Å². The molecule has 0 atom stereocenters. The van der Waals surface area contributed by atoms with E-state index in [1.807, 2.05) is 0 Å². The maximum absolute atomic E-state index is 8.23. The standard InChI is InChI=1S/C21H26.C5H13NO/c1-20(2,3)16-7-9-18-14(12-16)11-15-13-17(21(4,5)6)8-10-19(15)18;1-2-3-6-4-5-7/h7-10,12-13H,11H2,1-6H3;6-7H,2-5H2,1H3. The van der Waals surface area contributed by atoms with Crippen molar-refractivity contribution in [3.63, 3.8) is 0 Å². The van der Waals surface area contributed by atoms with Crippen LogP contribution in [0.3, 0.4) is 0 Å². The van der Waals surface area contributed by atoms with Crippen molar-refractivity contribution in [2.24, 2.45) is 0 Å². The Bertz CT molecular complexity index is 712. The molecule has 0 bridgehead atoms. The molecule has 0 amide bonds. The topological polar surface area (TPSA) is 32.3 Å². The maximum atomic E-state index is 8.23. The molecule has 2 aromatic carbocycles. The van der Waals surface area contributed by atoms with Crippen LogP contribution in [0.25, 0.3) is 11.1 Å². The summed E-state index contributed by atoms with van der Waals surface area (Å²) < 4.78 is 0. The van der Waals surface area contributed by atoms with Gasteiger partial charge in [-0.15, -0.1) is 0 Å². The summed E-state index contributed by atoms with van der Waals surface area (Å²) in [7, 11) is 0. The van der Waals surface area contributed by atoms with Crippen molar-refractivity contribution in [1.29, 1.82) is 0 Å². The Kier molecular flexibility index (Phi) is 7.47. The number of fused-ring (bicyclic) bond motifs is 3. The predicted octanol–water partition coefficient (Wildman–Crippen LogP) is 5.83. The van der Waals surface area contributed by atoms with Gasteiger partial charge in [0.15, 0.2) is 0 Å². The van der Waals surface area contributed by atoms with E-state index < -0.39 is 0 Å². The van der Waals surface area contributed by atoms with Crippen molar-refractivity contribution in [3.8, 4) is 11.1 Å². The molecule has 2 heteroatoms. The summed E-state index contributed by atoms with van der Waals surface area (Å²) in [4.78, 5) is 0. The number of nitrogens with one attached hydrogen (secondary N) is 1. The van der Waals surface area contributed by atoms with Crippen LogP contribution < -0.4 is 5.32 Å². The Hall–Kier alpha value is -1.64. The third-order valence-electron chi connectivity index (χ3n) is 5.33. The molecule has 0 saturated carbocycles. The molecule has 28 heavy (non-hydrogen) atoms. The van der Waals surface area contributed by atoms with Crippen molar-refractivity contribution in [2.45, 2.75) is 72.1 Å². The smallest absolute Gasteiger partial charge is 0.0555 e. The zero-order valence-electron chi connectivity index (χ0n) is 18.9. The van der Waals surface area contributed by atoms with Gasteiger partial charge in [0.2, 0.25) is 0 Å². The Morgan fingerprint density at radius 3 is 1.61 bits per heavy atom. The van der Waals surface area contributed by atoms with Crippen LogP contribution in [0.2, 0.25) is 0 Å². The molecule has 1 aliphatic rings. The van der Waals surface area contributed by atoms with Crippen LogP contribution in [0.15, 0.2) is 36.4 Å². The molecule has 2 aromatic rings. The van der Waals surface area contributed by atoms with Crippen molar-refractivity contribution >= 4 is 0 Å². The normalized spacial score (nSPS) is 12.9. The van der Waals surface area contributed by atoms with Gasteiger partial charge in [0, 0.05) is 6.54 Å². The molecular formula is C26H39NO. The number of hydrogen-bond acceptors (Lipinski definition) is 2. The van der Waals surface area contributed by atoms with E-state index in [9.17, 15) is 0 Å². The first-order valence-electron chi connectivity index (χ1n) is 10.7. The molecule has 0 heterocycles.